The number of methoxy groups -OCH3 is 1. The lowest BCUT2D eigenvalue weighted by Crippen LogP contribution is -2.20. The normalized spacial score (nSPS) is 13.8. The minimum absolute atomic E-state index is 0.720. The fraction of sp³-hybridized carbons (Fsp3) is 0.208. The van der Waals surface area contributed by atoms with Crippen LogP contribution in [-0.2, 0) is 0 Å². The second-order valence-electron chi connectivity index (χ2n) is 7.24. The molecule has 0 saturated carbocycles. The minimum atomic E-state index is 0.720. The van der Waals surface area contributed by atoms with Crippen LogP contribution in [0.2, 0.25) is 0 Å². The maximum atomic E-state index is 5.57. The van der Waals surface area contributed by atoms with E-state index in [0.29, 0.717) is 0 Å². The van der Waals surface area contributed by atoms with Gasteiger partial charge in [0, 0.05) is 42.0 Å². The lowest BCUT2D eigenvalue weighted by molar-refractivity contribution is 0.416. The molecule has 5 nitrogen and oxygen atoms in total. The molecule has 0 bridgehead atoms. The molecule has 0 unspecified atom stereocenters. The van der Waals surface area contributed by atoms with Gasteiger partial charge in [-0.05, 0) is 48.7 Å². The molecule has 4 aromatic rings. The van der Waals surface area contributed by atoms with E-state index in [-0.39, 0.29) is 0 Å². The van der Waals surface area contributed by atoms with Crippen molar-refractivity contribution in [3.63, 3.8) is 0 Å². The molecular weight excluding hydrogens is 360 g/mol. The van der Waals surface area contributed by atoms with E-state index >= 15 is 0 Å². The fourth-order valence-corrected chi connectivity index (χ4v) is 3.96. The smallest absolute Gasteiger partial charge is 0.163 e. The van der Waals surface area contributed by atoms with Crippen LogP contribution in [0, 0.1) is 0 Å². The van der Waals surface area contributed by atoms with Gasteiger partial charge in [-0.3, -0.25) is 4.98 Å². The van der Waals surface area contributed by atoms with Crippen molar-refractivity contribution in [2.45, 2.75) is 12.8 Å². The molecule has 0 aliphatic carbocycles. The summed E-state index contributed by atoms with van der Waals surface area (Å²) in [5.74, 6) is 2.59. The highest BCUT2D eigenvalue weighted by atomic mass is 16.5. The highest BCUT2D eigenvalue weighted by molar-refractivity contribution is 5.95. The Hall–Kier alpha value is -3.47. The molecule has 5 rings (SSSR count). The predicted molar refractivity (Wildman–Crippen MR) is 116 cm³/mol. The molecular formula is C24H22N4O. The van der Waals surface area contributed by atoms with E-state index in [4.69, 9.17) is 14.7 Å². The number of benzene rings is 2. The Balaban J connectivity index is 1.71. The van der Waals surface area contributed by atoms with E-state index < -0.39 is 0 Å². The van der Waals surface area contributed by atoms with Crippen LogP contribution in [0.1, 0.15) is 12.8 Å². The molecule has 144 valence electrons. The first-order valence-corrected chi connectivity index (χ1v) is 9.94. The molecule has 2 aromatic heterocycles. The van der Waals surface area contributed by atoms with Gasteiger partial charge in [-0.1, -0.05) is 24.3 Å². The Bertz CT molecular complexity index is 1150. The highest BCUT2D eigenvalue weighted by Crippen LogP contribution is 2.35. The molecule has 2 aromatic carbocycles. The first kappa shape index (κ1) is 17.6. The number of anilines is 1. The molecule has 3 heterocycles. The second kappa shape index (κ2) is 7.51. The van der Waals surface area contributed by atoms with Crippen molar-refractivity contribution in [3.05, 3.63) is 67.0 Å². The van der Waals surface area contributed by atoms with Gasteiger partial charge in [0.2, 0.25) is 0 Å². The van der Waals surface area contributed by atoms with E-state index in [1.54, 1.807) is 13.3 Å². The third kappa shape index (κ3) is 3.29. The number of aromatic nitrogens is 3. The van der Waals surface area contributed by atoms with Crippen LogP contribution >= 0.6 is 0 Å². The van der Waals surface area contributed by atoms with E-state index in [9.17, 15) is 0 Å². The Morgan fingerprint density at radius 2 is 1.76 bits per heavy atom. The summed E-state index contributed by atoms with van der Waals surface area (Å²) in [6.07, 6.45) is 5.98. The second-order valence-corrected chi connectivity index (χ2v) is 7.24. The van der Waals surface area contributed by atoms with Gasteiger partial charge >= 0.3 is 0 Å². The van der Waals surface area contributed by atoms with Crippen LogP contribution in [0.4, 0.5) is 5.82 Å². The number of ether oxygens (including phenoxy) is 1. The molecule has 5 heteroatoms. The highest BCUT2D eigenvalue weighted by Gasteiger charge is 2.19. The maximum Gasteiger partial charge on any atom is 0.163 e. The first-order valence-electron chi connectivity index (χ1n) is 9.94. The molecule has 1 aliphatic heterocycles. The monoisotopic (exact) mass is 382 g/mol. The average Bonchev–Trinajstić information content (AvgIpc) is 3.33. The van der Waals surface area contributed by atoms with Crippen LogP contribution in [0.5, 0.6) is 5.75 Å². The quantitative estimate of drug-likeness (QED) is 0.499. The van der Waals surface area contributed by atoms with Crippen LogP contribution in [0.15, 0.2) is 67.0 Å². The molecule has 0 spiro atoms. The summed E-state index contributed by atoms with van der Waals surface area (Å²) in [5, 5.41) is 1.07. The van der Waals surface area contributed by atoms with E-state index in [0.717, 1.165) is 58.1 Å². The van der Waals surface area contributed by atoms with Gasteiger partial charge in [-0.15, -0.1) is 0 Å². The van der Waals surface area contributed by atoms with Crippen molar-refractivity contribution in [2.75, 3.05) is 25.1 Å². The van der Waals surface area contributed by atoms with Crippen molar-refractivity contribution in [1.29, 1.82) is 0 Å². The zero-order valence-corrected chi connectivity index (χ0v) is 16.4. The van der Waals surface area contributed by atoms with Gasteiger partial charge in [0.1, 0.15) is 11.6 Å². The van der Waals surface area contributed by atoms with Gasteiger partial charge in [-0.25, -0.2) is 9.97 Å². The minimum Gasteiger partial charge on any atom is -0.496 e. The molecule has 0 N–H and O–H groups in total. The van der Waals surface area contributed by atoms with Crippen LogP contribution < -0.4 is 9.64 Å². The molecule has 29 heavy (non-hydrogen) atoms. The number of pyridine rings is 1. The predicted octanol–water partition coefficient (Wildman–Crippen LogP) is 4.97. The third-order valence-electron chi connectivity index (χ3n) is 5.42. The molecule has 0 amide bonds. The summed E-state index contributed by atoms with van der Waals surface area (Å²) in [5.41, 5.74) is 4.05. The number of nitrogens with zero attached hydrogens (tertiary/aromatic N) is 4. The summed E-state index contributed by atoms with van der Waals surface area (Å²) in [7, 11) is 1.71. The summed E-state index contributed by atoms with van der Waals surface area (Å²) < 4.78 is 5.57. The summed E-state index contributed by atoms with van der Waals surface area (Å²) >= 11 is 0. The largest absolute Gasteiger partial charge is 0.496 e. The molecule has 1 aliphatic rings. The fourth-order valence-electron chi connectivity index (χ4n) is 3.96. The third-order valence-corrected chi connectivity index (χ3v) is 5.42. The van der Waals surface area contributed by atoms with Gasteiger partial charge in [0.25, 0.3) is 0 Å². The lowest BCUT2D eigenvalue weighted by atomic mass is 10.0. The zero-order chi connectivity index (χ0) is 19.6. The van der Waals surface area contributed by atoms with E-state index in [2.05, 4.69) is 34.1 Å². The average molecular weight is 382 g/mol. The topological polar surface area (TPSA) is 51.1 Å². The Labute approximate surface area is 170 Å². The number of hydrogen-bond acceptors (Lipinski definition) is 5. The standard InChI is InChI=1S/C24H22N4O/c1-29-22-9-3-2-8-19(22)17-10-11-21-20(15-17)24(28-13-4-5-14-28)27-23(26-21)18-7-6-12-25-16-18/h2-3,6-12,15-16H,4-5,13-14H2,1H3. The Morgan fingerprint density at radius 1 is 0.897 bits per heavy atom. The van der Waals surface area contributed by atoms with Gasteiger partial charge in [0.05, 0.1) is 12.6 Å². The Kier molecular flexibility index (Phi) is 4.56. The SMILES string of the molecule is COc1ccccc1-c1ccc2nc(-c3cccnc3)nc(N3CCCC3)c2c1. The Morgan fingerprint density at radius 3 is 2.55 bits per heavy atom. The molecule has 1 saturated heterocycles. The zero-order valence-electron chi connectivity index (χ0n) is 16.4. The number of fused-ring (bicyclic) bond motifs is 1. The van der Waals surface area contributed by atoms with Crippen molar-refractivity contribution < 1.29 is 4.74 Å². The van der Waals surface area contributed by atoms with Crippen molar-refractivity contribution >= 4 is 16.7 Å². The van der Waals surface area contributed by atoms with Gasteiger partial charge in [-0.2, -0.15) is 0 Å². The summed E-state index contributed by atoms with van der Waals surface area (Å²) in [4.78, 5) is 16.4. The van der Waals surface area contributed by atoms with Gasteiger partial charge in [0.15, 0.2) is 5.82 Å². The molecule has 1 fully saturated rings. The van der Waals surface area contributed by atoms with Gasteiger partial charge < -0.3 is 9.64 Å². The first-order chi connectivity index (χ1) is 14.3. The van der Waals surface area contributed by atoms with Crippen molar-refractivity contribution in [3.8, 4) is 28.3 Å². The maximum absolute atomic E-state index is 5.57. The van der Waals surface area contributed by atoms with Crippen LogP contribution in [-0.4, -0.2) is 35.2 Å². The summed E-state index contributed by atoms with van der Waals surface area (Å²) in [6, 6.07) is 18.4. The van der Waals surface area contributed by atoms with Crippen molar-refractivity contribution in [2.24, 2.45) is 0 Å². The van der Waals surface area contributed by atoms with Crippen LogP contribution in [0.25, 0.3) is 33.4 Å². The van der Waals surface area contributed by atoms with E-state index in [1.807, 2.05) is 36.5 Å². The number of para-hydroxylation sites is 1. The molecule has 0 atom stereocenters. The van der Waals surface area contributed by atoms with Crippen molar-refractivity contribution in [1.82, 2.24) is 15.0 Å². The lowest BCUT2D eigenvalue weighted by Gasteiger charge is -2.20. The number of rotatable bonds is 4. The number of hydrogen-bond donors (Lipinski definition) is 0. The van der Waals surface area contributed by atoms with E-state index in [1.165, 1.54) is 12.8 Å². The van der Waals surface area contributed by atoms with Crippen LogP contribution in [0.3, 0.4) is 0 Å². The molecule has 0 radical (unpaired) electrons. The summed E-state index contributed by atoms with van der Waals surface area (Å²) in [6.45, 7) is 2.05.